The van der Waals surface area contributed by atoms with E-state index in [9.17, 15) is 4.21 Å². The van der Waals surface area contributed by atoms with Crippen LogP contribution in [-0.2, 0) is 11.0 Å². The van der Waals surface area contributed by atoms with Gasteiger partial charge in [-0.2, -0.15) is 0 Å². The number of hydrogen-bond donors (Lipinski definition) is 1. The lowest BCUT2D eigenvalue weighted by Gasteiger charge is -2.21. The zero-order chi connectivity index (χ0) is 8.20. The zero-order valence-corrected chi connectivity index (χ0v) is 8.10. The SMILES string of the molecule is CC(CCl)(CCl)CS(N)=O. The van der Waals surface area contributed by atoms with Crippen LogP contribution in [0.5, 0.6) is 0 Å². The van der Waals surface area contributed by atoms with E-state index in [4.69, 9.17) is 28.3 Å². The second-order valence-corrected chi connectivity index (χ2v) is 4.19. The molecule has 0 spiro atoms. The molecule has 0 aromatic rings. The molecule has 0 aliphatic carbocycles. The molecule has 5 heteroatoms. The van der Waals surface area contributed by atoms with Crippen molar-refractivity contribution in [3.63, 3.8) is 0 Å². The Bertz CT molecular complexity index is 127. The Kier molecular flexibility index (Phi) is 4.86. The molecular formula is C5H11Cl2NOS. The Labute approximate surface area is 73.7 Å². The predicted octanol–water partition coefficient (Wildman–Crippen LogP) is 1.09. The molecule has 1 atom stereocenters. The molecule has 62 valence electrons. The van der Waals surface area contributed by atoms with Crippen LogP contribution in [0, 0.1) is 5.41 Å². The molecule has 2 nitrogen and oxygen atoms in total. The van der Waals surface area contributed by atoms with Crippen LogP contribution in [0.15, 0.2) is 0 Å². The van der Waals surface area contributed by atoms with Crippen LogP contribution >= 0.6 is 23.2 Å². The molecule has 10 heavy (non-hydrogen) atoms. The van der Waals surface area contributed by atoms with Crippen molar-refractivity contribution in [3.05, 3.63) is 0 Å². The summed E-state index contributed by atoms with van der Waals surface area (Å²) in [6.45, 7) is 1.86. The first-order valence-corrected chi connectivity index (χ1v) is 5.24. The summed E-state index contributed by atoms with van der Waals surface area (Å²) in [4.78, 5) is 0. The van der Waals surface area contributed by atoms with Gasteiger partial charge in [0, 0.05) is 22.9 Å². The minimum absolute atomic E-state index is 0.289. The molecule has 0 amide bonds. The molecular weight excluding hydrogens is 193 g/mol. The maximum absolute atomic E-state index is 10.5. The van der Waals surface area contributed by atoms with Gasteiger partial charge in [-0.05, 0) is 0 Å². The minimum atomic E-state index is -1.30. The topological polar surface area (TPSA) is 43.1 Å². The molecule has 0 fully saturated rings. The van der Waals surface area contributed by atoms with Crippen LogP contribution < -0.4 is 5.14 Å². The average Bonchev–Trinajstić information content (AvgIpc) is 1.87. The first-order chi connectivity index (χ1) is 4.54. The van der Waals surface area contributed by atoms with Crippen molar-refractivity contribution in [2.24, 2.45) is 10.6 Å². The molecule has 0 saturated heterocycles. The fourth-order valence-corrected chi connectivity index (χ4v) is 2.05. The van der Waals surface area contributed by atoms with Crippen LogP contribution in [0.1, 0.15) is 6.92 Å². The normalized spacial score (nSPS) is 15.2. The molecule has 2 N–H and O–H groups in total. The van der Waals surface area contributed by atoms with Gasteiger partial charge in [-0.3, -0.25) is 5.14 Å². The number of hydrogen-bond acceptors (Lipinski definition) is 1. The van der Waals surface area contributed by atoms with E-state index in [1.54, 1.807) is 0 Å². The van der Waals surface area contributed by atoms with E-state index < -0.39 is 11.0 Å². The number of halogens is 2. The molecule has 0 aliphatic heterocycles. The summed E-state index contributed by atoms with van der Waals surface area (Å²) in [6.07, 6.45) is 0. The van der Waals surface area contributed by atoms with Crippen molar-refractivity contribution < 1.29 is 4.21 Å². The van der Waals surface area contributed by atoms with Crippen LogP contribution in [-0.4, -0.2) is 21.7 Å². The molecule has 0 aromatic heterocycles. The van der Waals surface area contributed by atoms with Crippen molar-refractivity contribution in [1.82, 2.24) is 0 Å². The molecule has 0 radical (unpaired) electrons. The first kappa shape index (κ1) is 10.7. The van der Waals surface area contributed by atoms with Crippen LogP contribution in [0.3, 0.4) is 0 Å². The van der Waals surface area contributed by atoms with Gasteiger partial charge >= 0.3 is 0 Å². The lowest BCUT2D eigenvalue weighted by Crippen LogP contribution is -2.30. The van der Waals surface area contributed by atoms with E-state index in [0.717, 1.165) is 0 Å². The number of alkyl halides is 2. The predicted molar refractivity (Wildman–Crippen MR) is 46.7 cm³/mol. The smallest absolute Gasteiger partial charge is 0.0894 e. The summed E-state index contributed by atoms with van der Waals surface area (Å²) < 4.78 is 10.5. The highest BCUT2D eigenvalue weighted by Crippen LogP contribution is 2.20. The highest BCUT2D eigenvalue weighted by atomic mass is 35.5. The van der Waals surface area contributed by atoms with Gasteiger partial charge in [0.05, 0.1) is 11.0 Å². The minimum Gasteiger partial charge on any atom is -0.252 e. The maximum atomic E-state index is 10.5. The van der Waals surface area contributed by atoms with E-state index in [2.05, 4.69) is 0 Å². The summed E-state index contributed by atoms with van der Waals surface area (Å²) in [5.41, 5.74) is -0.289. The largest absolute Gasteiger partial charge is 0.252 e. The van der Waals surface area contributed by atoms with Gasteiger partial charge in [0.15, 0.2) is 0 Å². The monoisotopic (exact) mass is 203 g/mol. The Morgan fingerprint density at radius 1 is 1.50 bits per heavy atom. The van der Waals surface area contributed by atoms with Crippen molar-refractivity contribution in [2.75, 3.05) is 17.5 Å². The van der Waals surface area contributed by atoms with Gasteiger partial charge in [-0.1, -0.05) is 6.92 Å². The zero-order valence-electron chi connectivity index (χ0n) is 5.77. The summed E-state index contributed by atoms with van der Waals surface area (Å²) in [5.74, 6) is 1.14. The van der Waals surface area contributed by atoms with Crippen LogP contribution in [0.4, 0.5) is 0 Å². The lowest BCUT2D eigenvalue weighted by atomic mass is 10.00. The highest BCUT2D eigenvalue weighted by molar-refractivity contribution is 7.82. The maximum Gasteiger partial charge on any atom is 0.0894 e. The van der Waals surface area contributed by atoms with Crippen LogP contribution in [0.25, 0.3) is 0 Å². The molecule has 0 aliphatic rings. The summed E-state index contributed by atoms with van der Waals surface area (Å²) in [7, 11) is -1.30. The van der Waals surface area contributed by atoms with E-state index >= 15 is 0 Å². The number of nitrogens with two attached hydrogens (primary N) is 1. The second-order valence-electron chi connectivity index (χ2n) is 2.60. The van der Waals surface area contributed by atoms with Crippen molar-refractivity contribution in [2.45, 2.75) is 6.92 Å². The fourth-order valence-electron chi connectivity index (χ4n) is 0.456. The summed E-state index contributed by atoms with van der Waals surface area (Å²) >= 11 is 11.2. The third-order valence-corrected chi connectivity index (χ3v) is 3.41. The first-order valence-electron chi connectivity index (χ1n) is 2.79. The third-order valence-electron chi connectivity index (χ3n) is 1.14. The van der Waals surface area contributed by atoms with Crippen molar-refractivity contribution in [3.8, 4) is 0 Å². The van der Waals surface area contributed by atoms with Gasteiger partial charge in [-0.15, -0.1) is 23.2 Å². The average molecular weight is 204 g/mol. The molecule has 0 saturated carbocycles. The lowest BCUT2D eigenvalue weighted by molar-refractivity contribution is 0.489. The Morgan fingerprint density at radius 3 is 2.00 bits per heavy atom. The third kappa shape index (κ3) is 3.76. The standard InChI is InChI=1S/C5H11Cl2NOS/c1-5(2-6,3-7)4-10(8)9/h2-4,8H2,1H3. The molecule has 1 unspecified atom stereocenters. The second kappa shape index (κ2) is 4.54. The van der Waals surface area contributed by atoms with Crippen molar-refractivity contribution in [1.29, 1.82) is 0 Å². The van der Waals surface area contributed by atoms with Gasteiger partial charge in [0.1, 0.15) is 0 Å². The quantitative estimate of drug-likeness (QED) is 0.684. The van der Waals surface area contributed by atoms with E-state index in [1.807, 2.05) is 6.92 Å². The Balaban J connectivity index is 3.92. The highest BCUT2D eigenvalue weighted by Gasteiger charge is 2.23. The van der Waals surface area contributed by atoms with E-state index in [1.165, 1.54) is 0 Å². The van der Waals surface area contributed by atoms with Gasteiger partial charge in [0.25, 0.3) is 0 Å². The van der Waals surface area contributed by atoms with Gasteiger partial charge in [-0.25, -0.2) is 4.21 Å². The summed E-state index contributed by atoms with van der Waals surface area (Å²) in [5, 5.41) is 5.08. The van der Waals surface area contributed by atoms with E-state index in [-0.39, 0.29) is 5.41 Å². The number of rotatable bonds is 4. The molecule has 0 bridgehead atoms. The molecule has 0 aromatic carbocycles. The van der Waals surface area contributed by atoms with Gasteiger partial charge < -0.3 is 0 Å². The van der Waals surface area contributed by atoms with Crippen LogP contribution in [0.2, 0.25) is 0 Å². The Hall–Kier alpha value is 0.690. The van der Waals surface area contributed by atoms with Crippen molar-refractivity contribution >= 4 is 34.2 Å². The molecule has 0 rings (SSSR count). The van der Waals surface area contributed by atoms with E-state index in [0.29, 0.717) is 17.5 Å². The summed E-state index contributed by atoms with van der Waals surface area (Å²) in [6, 6.07) is 0. The molecule has 0 heterocycles. The Morgan fingerprint density at radius 2 is 1.90 bits per heavy atom. The van der Waals surface area contributed by atoms with Gasteiger partial charge in [0.2, 0.25) is 0 Å². The fraction of sp³-hybridized carbons (Fsp3) is 1.00.